The van der Waals surface area contributed by atoms with E-state index < -0.39 is 27.8 Å². The summed E-state index contributed by atoms with van der Waals surface area (Å²) in [7, 11) is -3.75. The van der Waals surface area contributed by atoms with Gasteiger partial charge in [-0.25, -0.2) is 17.9 Å². The lowest BCUT2D eigenvalue weighted by Gasteiger charge is -2.21. The third kappa shape index (κ3) is 6.07. The van der Waals surface area contributed by atoms with Gasteiger partial charge in [-0.05, 0) is 56.7 Å². The van der Waals surface area contributed by atoms with Gasteiger partial charge in [-0.2, -0.15) is 0 Å². The molecule has 1 aliphatic heterocycles. The summed E-state index contributed by atoms with van der Waals surface area (Å²) < 4.78 is 34.6. The quantitative estimate of drug-likeness (QED) is 0.438. The number of hydrogen-bond donors (Lipinski definition) is 2. The van der Waals surface area contributed by atoms with E-state index in [-0.39, 0.29) is 23.9 Å². The number of hydrogen-bond acceptors (Lipinski definition) is 6. The van der Waals surface area contributed by atoms with E-state index in [0.717, 1.165) is 0 Å². The summed E-state index contributed by atoms with van der Waals surface area (Å²) in [6.45, 7) is 5.79. The van der Waals surface area contributed by atoms with Gasteiger partial charge in [0.2, 0.25) is 10.0 Å². The largest absolute Gasteiger partial charge is 0.442 e. The minimum atomic E-state index is -3.75. The van der Waals surface area contributed by atoms with E-state index in [0.29, 0.717) is 26.0 Å². The van der Waals surface area contributed by atoms with E-state index in [1.807, 2.05) is 0 Å². The van der Waals surface area contributed by atoms with Crippen molar-refractivity contribution in [1.29, 1.82) is 0 Å². The summed E-state index contributed by atoms with van der Waals surface area (Å²) in [6, 6.07) is 17.1. The number of ether oxygens (including phenoxy) is 1. The minimum absolute atomic E-state index is 0.167. The standard InChI is InChI=1S/C25H26ClN3O5S2/c1-25(2,3)28-36(32,33)21-7-5-4-6-19(21)16-8-10-17(11-9-16)29-15-18(34-24(29)31)14-27-23(30)20-12-13-22(26)35-20/h4-13,18,28H,14-15H2,1-3H3,(H,27,30)/t18-/m0/s1. The van der Waals surface area contributed by atoms with Crippen LogP contribution in [0.15, 0.2) is 65.6 Å². The lowest BCUT2D eigenvalue weighted by Crippen LogP contribution is -2.40. The topological polar surface area (TPSA) is 105 Å². The number of benzene rings is 2. The molecule has 0 unspecified atom stereocenters. The lowest BCUT2D eigenvalue weighted by atomic mass is 10.1. The highest BCUT2D eigenvalue weighted by atomic mass is 35.5. The van der Waals surface area contributed by atoms with Gasteiger partial charge >= 0.3 is 6.09 Å². The Morgan fingerprint density at radius 1 is 1.11 bits per heavy atom. The highest BCUT2D eigenvalue weighted by molar-refractivity contribution is 7.89. The molecule has 8 nitrogen and oxygen atoms in total. The zero-order chi connectivity index (χ0) is 26.1. The van der Waals surface area contributed by atoms with Crippen LogP contribution in [0.4, 0.5) is 10.5 Å². The van der Waals surface area contributed by atoms with E-state index in [1.165, 1.54) is 16.2 Å². The van der Waals surface area contributed by atoms with Gasteiger partial charge in [-0.1, -0.05) is 41.9 Å². The Balaban J connectivity index is 1.46. The molecule has 2 aromatic carbocycles. The number of nitrogens with one attached hydrogen (secondary N) is 2. The highest BCUT2D eigenvalue weighted by Gasteiger charge is 2.33. The molecule has 0 bridgehead atoms. The maximum atomic E-state index is 13.0. The fourth-order valence-corrected chi connectivity index (χ4v) is 6.40. The number of carbonyl (C=O) groups excluding carboxylic acids is 2. The van der Waals surface area contributed by atoms with Gasteiger partial charge in [-0.15, -0.1) is 11.3 Å². The molecule has 0 radical (unpaired) electrons. The van der Waals surface area contributed by atoms with Crippen LogP contribution in [0.1, 0.15) is 30.4 Å². The number of cyclic esters (lactones) is 1. The maximum Gasteiger partial charge on any atom is 0.414 e. The molecule has 190 valence electrons. The number of thiophene rings is 1. The number of amides is 2. The molecule has 36 heavy (non-hydrogen) atoms. The molecule has 11 heteroatoms. The van der Waals surface area contributed by atoms with Crippen LogP contribution in [0.5, 0.6) is 0 Å². The Labute approximate surface area is 219 Å². The van der Waals surface area contributed by atoms with Gasteiger partial charge in [0.25, 0.3) is 5.91 Å². The van der Waals surface area contributed by atoms with E-state index in [2.05, 4.69) is 10.0 Å². The average molecular weight is 548 g/mol. The van der Waals surface area contributed by atoms with Crippen molar-refractivity contribution in [3.8, 4) is 11.1 Å². The first-order valence-electron chi connectivity index (χ1n) is 11.2. The molecule has 2 amide bonds. The fourth-order valence-electron chi connectivity index (χ4n) is 3.79. The van der Waals surface area contributed by atoms with Gasteiger partial charge in [0.1, 0.15) is 6.10 Å². The van der Waals surface area contributed by atoms with Gasteiger partial charge < -0.3 is 10.1 Å². The van der Waals surface area contributed by atoms with Crippen LogP contribution >= 0.6 is 22.9 Å². The van der Waals surface area contributed by atoms with Crippen molar-refractivity contribution in [1.82, 2.24) is 10.0 Å². The molecule has 1 atom stereocenters. The molecule has 0 saturated carbocycles. The molecule has 1 fully saturated rings. The number of anilines is 1. The monoisotopic (exact) mass is 547 g/mol. The predicted octanol–water partition coefficient (Wildman–Crippen LogP) is 4.90. The Bertz CT molecular complexity index is 1380. The molecular formula is C25H26ClN3O5S2. The van der Waals surface area contributed by atoms with Crippen molar-refractivity contribution >= 4 is 50.6 Å². The van der Waals surface area contributed by atoms with Crippen molar-refractivity contribution in [3.63, 3.8) is 0 Å². The summed E-state index contributed by atoms with van der Waals surface area (Å²) in [4.78, 5) is 26.8. The average Bonchev–Trinajstić information content (AvgIpc) is 3.41. The molecule has 2 heterocycles. The summed E-state index contributed by atoms with van der Waals surface area (Å²) in [5.74, 6) is -0.277. The van der Waals surface area contributed by atoms with Crippen LogP contribution in [0, 0.1) is 0 Å². The molecule has 0 spiro atoms. The van der Waals surface area contributed by atoms with Gasteiger partial charge in [0.15, 0.2) is 0 Å². The SMILES string of the molecule is CC(C)(C)NS(=O)(=O)c1ccccc1-c1ccc(N2C[C@H](CNC(=O)c3ccc(Cl)s3)OC2=O)cc1. The predicted molar refractivity (Wildman–Crippen MR) is 141 cm³/mol. The molecule has 0 aliphatic carbocycles. The van der Waals surface area contributed by atoms with Crippen molar-refractivity contribution < 1.29 is 22.7 Å². The third-order valence-corrected chi connectivity index (χ3v) is 8.31. The highest BCUT2D eigenvalue weighted by Crippen LogP contribution is 2.31. The number of nitrogens with zero attached hydrogens (tertiary/aromatic N) is 1. The third-order valence-electron chi connectivity index (χ3n) is 5.27. The summed E-state index contributed by atoms with van der Waals surface area (Å²) in [6.07, 6.45) is -1.02. The molecule has 2 N–H and O–H groups in total. The fraction of sp³-hybridized carbons (Fsp3) is 0.280. The van der Waals surface area contributed by atoms with E-state index in [4.69, 9.17) is 16.3 Å². The minimum Gasteiger partial charge on any atom is -0.442 e. The summed E-state index contributed by atoms with van der Waals surface area (Å²) in [5, 5.41) is 2.76. The van der Waals surface area contributed by atoms with Crippen LogP contribution in [0.25, 0.3) is 11.1 Å². The normalized spacial score (nSPS) is 16.2. The second-order valence-electron chi connectivity index (χ2n) is 9.33. The van der Waals surface area contributed by atoms with Crippen molar-refractivity contribution in [3.05, 3.63) is 69.9 Å². The van der Waals surface area contributed by atoms with Crippen molar-refractivity contribution in [2.75, 3.05) is 18.0 Å². The Morgan fingerprint density at radius 2 is 1.81 bits per heavy atom. The zero-order valence-electron chi connectivity index (χ0n) is 19.9. The van der Waals surface area contributed by atoms with Crippen LogP contribution in [-0.4, -0.2) is 45.2 Å². The second-order valence-corrected chi connectivity index (χ2v) is 12.7. The first kappa shape index (κ1) is 26.2. The van der Waals surface area contributed by atoms with Crippen LogP contribution in [0.2, 0.25) is 4.34 Å². The Kier molecular flexibility index (Phi) is 7.42. The molecule has 1 aromatic heterocycles. The molecule has 4 rings (SSSR count). The van der Waals surface area contributed by atoms with Crippen LogP contribution < -0.4 is 14.9 Å². The number of sulfonamides is 1. The van der Waals surface area contributed by atoms with E-state index >= 15 is 0 Å². The maximum absolute atomic E-state index is 13.0. The number of carbonyl (C=O) groups is 2. The van der Waals surface area contributed by atoms with E-state index in [9.17, 15) is 18.0 Å². The van der Waals surface area contributed by atoms with E-state index in [1.54, 1.807) is 81.4 Å². The first-order chi connectivity index (χ1) is 16.9. The smallest absolute Gasteiger partial charge is 0.414 e. The van der Waals surface area contributed by atoms with Crippen molar-refractivity contribution in [2.24, 2.45) is 0 Å². The molecule has 1 saturated heterocycles. The van der Waals surface area contributed by atoms with Crippen LogP contribution in [0.3, 0.4) is 0 Å². The van der Waals surface area contributed by atoms with Gasteiger partial charge in [0, 0.05) is 16.8 Å². The Hall–Kier alpha value is -2.92. The number of halogens is 1. The number of rotatable bonds is 7. The Morgan fingerprint density at radius 3 is 2.44 bits per heavy atom. The zero-order valence-corrected chi connectivity index (χ0v) is 22.3. The molecule has 3 aromatic rings. The molecule has 1 aliphatic rings. The lowest BCUT2D eigenvalue weighted by molar-refractivity contribution is 0.0920. The van der Waals surface area contributed by atoms with Gasteiger partial charge in [-0.3, -0.25) is 9.69 Å². The first-order valence-corrected chi connectivity index (χ1v) is 13.9. The molecular weight excluding hydrogens is 522 g/mol. The van der Waals surface area contributed by atoms with Gasteiger partial charge in [0.05, 0.1) is 27.2 Å². The summed E-state index contributed by atoms with van der Waals surface area (Å²) >= 11 is 7.05. The second kappa shape index (κ2) is 10.2. The van der Waals surface area contributed by atoms with Crippen LogP contribution in [-0.2, 0) is 14.8 Å². The van der Waals surface area contributed by atoms with Crippen molar-refractivity contribution in [2.45, 2.75) is 37.3 Å². The summed E-state index contributed by atoms with van der Waals surface area (Å²) in [5.41, 5.74) is 1.23.